The van der Waals surface area contributed by atoms with E-state index in [1.165, 1.54) is 31.7 Å². The van der Waals surface area contributed by atoms with Crippen LogP contribution in [0.3, 0.4) is 0 Å². The highest BCUT2D eigenvalue weighted by atomic mass is 35.5. The van der Waals surface area contributed by atoms with Gasteiger partial charge in [0.25, 0.3) is 0 Å². The molecule has 0 aliphatic rings. The molecule has 1 aromatic heterocycles. The van der Waals surface area contributed by atoms with Crippen LogP contribution in [0, 0.1) is 0 Å². The number of ether oxygens (including phenoxy) is 2. The first-order valence-corrected chi connectivity index (χ1v) is 9.38. The molecule has 0 radical (unpaired) electrons. The third kappa shape index (κ3) is 6.14. The van der Waals surface area contributed by atoms with E-state index in [0.717, 1.165) is 5.56 Å². The number of benzene rings is 2. The van der Waals surface area contributed by atoms with Crippen molar-refractivity contribution in [2.24, 2.45) is 0 Å². The second-order valence-electron chi connectivity index (χ2n) is 6.22. The zero-order chi connectivity index (χ0) is 22.2. The second kappa shape index (κ2) is 10.4. The summed E-state index contributed by atoms with van der Waals surface area (Å²) in [5.41, 5.74) is 1.61. The molecule has 1 heterocycles. The molecule has 0 spiro atoms. The number of amides is 2. The summed E-state index contributed by atoms with van der Waals surface area (Å²) in [6.45, 7) is -0.737. The second-order valence-corrected chi connectivity index (χ2v) is 6.65. The van der Waals surface area contributed by atoms with E-state index < -0.39 is 24.4 Å². The van der Waals surface area contributed by atoms with Gasteiger partial charge in [0.2, 0.25) is 11.8 Å². The number of hydrogen-bond acceptors (Lipinski definition) is 7. The molecule has 2 aromatic carbocycles. The number of carbonyl (C=O) groups excluding carboxylic acids is 3. The lowest BCUT2D eigenvalue weighted by Crippen LogP contribution is -2.24. The largest absolute Gasteiger partial charge is 0.465 e. The Morgan fingerprint density at radius 3 is 2.55 bits per heavy atom. The van der Waals surface area contributed by atoms with Gasteiger partial charge >= 0.3 is 5.97 Å². The van der Waals surface area contributed by atoms with E-state index in [1.54, 1.807) is 24.4 Å². The normalized spacial score (nSPS) is 10.4. The monoisotopic (exact) mass is 443 g/mol. The molecule has 160 valence electrons. The lowest BCUT2D eigenvalue weighted by Gasteiger charge is -2.11. The first-order chi connectivity index (χ1) is 15.0. The number of nitrogens with one attached hydrogen (secondary N) is 2. The van der Waals surface area contributed by atoms with Crippen molar-refractivity contribution >= 4 is 40.8 Å². The SMILES string of the molecule is COC(=O)c1cc(Cl)ccc1NC(=O)COCC(=O)Nc1cccc(-c2cnco2)c1. The molecular weight excluding hydrogens is 426 g/mol. The average Bonchev–Trinajstić information content (AvgIpc) is 3.29. The van der Waals surface area contributed by atoms with Crippen LogP contribution in [0.15, 0.2) is 59.5 Å². The van der Waals surface area contributed by atoms with Gasteiger partial charge in [0.1, 0.15) is 13.2 Å². The predicted molar refractivity (Wildman–Crippen MR) is 113 cm³/mol. The van der Waals surface area contributed by atoms with Crippen LogP contribution in [0.2, 0.25) is 5.02 Å². The lowest BCUT2D eigenvalue weighted by molar-refractivity contribution is -0.125. The van der Waals surface area contributed by atoms with Gasteiger partial charge in [-0.15, -0.1) is 0 Å². The van der Waals surface area contributed by atoms with Gasteiger partial charge in [0.05, 0.1) is 24.6 Å². The fourth-order valence-electron chi connectivity index (χ4n) is 2.63. The molecule has 0 aliphatic carbocycles. The maximum absolute atomic E-state index is 12.1. The highest BCUT2D eigenvalue weighted by Crippen LogP contribution is 2.23. The van der Waals surface area contributed by atoms with Crippen LogP contribution >= 0.6 is 11.6 Å². The highest BCUT2D eigenvalue weighted by Gasteiger charge is 2.15. The van der Waals surface area contributed by atoms with Crippen molar-refractivity contribution in [2.75, 3.05) is 31.0 Å². The summed E-state index contributed by atoms with van der Waals surface area (Å²) in [4.78, 5) is 39.9. The van der Waals surface area contributed by atoms with Crippen LogP contribution in [-0.2, 0) is 19.1 Å². The number of esters is 1. The Kier molecular flexibility index (Phi) is 7.36. The molecule has 9 nitrogen and oxygen atoms in total. The number of rotatable bonds is 8. The van der Waals surface area contributed by atoms with Crippen LogP contribution in [-0.4, -0.2) is 43.1 Å². The summed E-state index contributed by atoms with van der Waals surface area (Å²) >= 11 is 5.88. The first-order valence-electron chi connectivity index (χ1n) is 9.00. The Morgan fingerprint density at radius 1 is 1.06 bits per heavy atom. The summed E-state index contributed by atoms with van der Waals surface area (Å²) in [5, 5.41) is 5.52. The molecule has 2 N–H and O–H groups in total. The molecule has 0 bridgehead atoms. The van der Waals surface area contributed by atoms with Gasteiger partial charge in [-0.05, 0) is 30.3 Å². The molecule has 3 rings (SSSR count). The minimum absolute atomic E-state index is 0.104. The van der Waals surface area contributed by atoms with Gasteiger partial charge in [-0.25, -0.2) is 9.78 Å². The van der Waals surface area contributed by atoms with Gasteiger partial charge in [0.15, 0.2) is 12.2 Å². The van der Waals surface area contributed by atoms with Crippen molar-refractivity contribution in [3.05, 3.63) is 65.6 Å². The molecular formula is C21H18ClN3O6. The summed E-state index contributed by atoms with van der Waals surface area (Å²) < 4.78 is 15.1. The Hall–Kier alpha value is -3.69. The van der Waals surface area contributed by atoms with Gasteiger partial charge in [0, 0.05) is 16.3 Å². The summed E-state index contributed by atoms with van der Waals surface area (Å²) in [6.07, 6.45) is 2.88. The summed E-state index contributed by atoms with van der Waals surface area (Å²) in [6, 6.07) is 11.4. The standard InChI is InChI=1S/C21H18ClN3O6/c1-29-21(28)16-8-14(22)5-6-17(16)25-20(27)11-30-10-19(26)24-15-4-2-3-13(7-15)18-9-23-12-31-18/h2-9,12H,10-11H2,1H3,(H,24,26)(H,25,27). The van der Waals surface area contributed by atoms with Crippen LogP contribution in [0.4, 0.5) is 11.4 Å². The quantitative estimate of drug-likeness (QED) is 0.512. The highest BCUT2D eigenvalue weighted by molar-refractivity contribution is 6.31. The molecule has 10 heteroatoms. The Morgan fingerprint density at radius 2 is 1.84 bits per heavy atom. The number of oxazole rings is 1. The van der Waals surface area contributed by atoms with Crippen molar-refractivity contribution in [3.63, 3.8) is 0 Å². The average molecular weight is 444 g/mol. The molecule has 3 aromatic rings. The zero-order valence-corrected chi connectivity index (χ0v) is 17.1. The summed E-state index contributed by atoms with van der Waals surface area (Å²) in [5.74, 6) is -1.07. The predicted octanol–water partition coefficient (Wildman–Crippen LogP) is 3.38. The van der Waals surface area contributed by atoms with Crippen molar-refractivity contribution < 1.29 is 28.3 Å². The van der Waals surface area contributed by atoms with E-state index >= 15 is 0 Å². The van der Waals surface area contributed by atoms with Gasteiger partial charge < -0.3 is 24.5 Å². The van der Waals surface area contributed by atoms with E-state index in [-0.39, 0.29) is 17.9 Å². The van der Waals surface area contributed by atoms with Crippen molar-refractivity contribution in [1.82, 2.24) is 4.98 Å². The smallest absolute Gasteiger partial charge is 0.340 e. The molecule has 0 aliphatic heterocycles. The Bertz CT molecular complexity index is 1080. The van der Waals surface area contributed by atoms with E-state index in [4.69, 9.17) is 20.8 Å². The number of anilines is 2. The molecule has 0 saturated heterocycles. The van der Waals surface area contributed by atoms with Gasteiger partial charge in [-0.2, -0.15) is 0 Å². The molecule has 0 fully saturated rings. The third-order valence-electron chi connectivity index (χ3n) is 3.99. The zero-order valence-electron chi connectivity index (χ0n) is 16.4. The number of hydrogen-bond donors (Lipinski definition) is 2. The van der Waals surface area contributed by atoms with E-state index in [2.05, 4.69) is 20.4 Å². The van der Waals surface area contributed by atoms with Crippen molar-refractivity contribution in [1.29, 1.82) is 0 Å². The molecule has 0 atom stereocenters. The Balaban J connectivity index is 1.49. The molecule has 31 heavy (non-hydrogen) atoms. The maximum Gasteiger partial charge on any atom is 0.340 e. The lowest BCUT2D eigenvalue weighted by atomic mass is 10.1. The fourth-order valence-corrected chi connectivity index (χ4v) is 2.80. The first kappa shape index (κ1) is 22.0. The van der Waals surface area contributed by atoms with Crippen molar-refractivity contribution in [3.8, 4) is 11.3 Å². The number of aromatic nitrogens is 1. The number of halogens is 1. The van der Waals surface area contributed by atoms with Crippen LogP contribution in [0.1, 0.15) is 10.4 Å². The molecule has 0 unspecified atom stereocenters. The number of nitrogens with zero attached hydrogens (tertiary/aromatic N) is 1. The van der Waals surface area contributed by atoms with Crippen LogP contribution in [0.5, 0.6) is 0 Å². The Labute approximate surface area is 182 Å². The third-order valence-corrected chi connectivity index (χ3v) is 4.23. The maximum atomic E-state index is 12.1. The van der Waals surface area contributed by atoms with Gasteiger partial charge in [-0.3, -0.25) is 9.59 Å². The topological polar surface area (TPSA) is 120 Å². The summed E-state index contributed by atoms with van der Waals surface area (Å²) in [7, 11) is 1.22. The number of carbonyl (C=O) groups is 3. The minimum atomic E-state index is -0.648. The van der Waals surface area contributed by atoms with Gasteiger partial charge in [-0.1, -0.05) is 23.7 Å². The molecule has 2 amide bonds. The number of methoxy groups -OCH3 is 1. The molecule has 0 saturated carbocycles. The fraction of sp³-hybridized carbons (Fsp3) is 0.143. The van der Waals surface area contributed by atoms with E-state index in [9.17, 15) is 14.4 Å². The van der Waals surface area contributed by atoms with Crippen LogP contribution in [0.25, 0.3) is 11.3 Å². The van der Waals surface area contributed by atoms with Crippen LogP contribution < -0.4 is 10.6 Å². The minimum Gasteiger partial charge on any atom is -0.465 e. The van der Waals surface area contributed by atoms with E-state index in [0.29, 0.717) is 16.5 Å². The van der Waals surface area contributed by atoms with E-state index in [1.807, 2.05) is 6.07 Å². The van der Waals surface area contributed by atoms with Crippen molar-refractivity contribution in [2.45, 2.75) is 0 Å².